The molecule has 0 unspecified atom stereocenters. The van der Waals surface area contributed by atoms with Gasteiger partial charge in [0.15, 0.2) is 5.43 Å². The number of hydrogen-bond donors (Lipinski definition) is 2. The maximum atomic E-state index is 11.9. The quantitative estimate of drug-likeness (QED) is 0.688. The second-order valence-electron chi connectivity index (χ2n) is 4.32. The minimum absolute atomic E-state index is 0.00741. The smallest absolute Gasteiger partial charge is 0.371 e. The molecule has 3 rings (SSSR count). The molecule has 0 radical (unpaired) electrons. The van der Waals surface area contributed by atoms with Crippen LogP contribution in [0.25, 0.3) is 21.9 Å². The maximum Gasteiger partial charge on any atom is 0.371 e. The molecule has 3 aromatic rings. The largest absolute Gasteiger partial charge is 0.478 e. The highest BCUT2D eigenvalue weighted by Gasteiger charge is 2.14. The average molecular weight is 285 g/mol. The molecule has 2 N–H and O–H groups in total. The van der Waals surface area contributed by atoms with Crippen molar-refractivity contribution in [2.45, 2.75) is 0 Å². The highest BCUT2D eigenvalue weighted by atomic mass is 16.4. The van der Waals surface area contributed by atoms with E-state index in [0.717, 1.165) is 6.07 Å². The number of aromatic nitrogens is 1. The highest BCUT2D eigenvalue weighted by Crippen LogP contribution is 2.23. The van der Waals surface area contributed by atoms with Crippen LogP contribution >= 0.6 is 0 Å². The van der Waals surface area contributed by atoms with E-state index in [9.17, 15) is 14.4 Å². The van der Waals surface area contributed by atoms with Crippen molar-refractivity contribution in [2.24, 2.45) is 0 Å². The van der Waals surface area contributed by atoms with E-state index in [1.165, 1.54) is 24.4 Å². The van der Waals surface area contributed by atoms with E-state index in [1.54, 1.807) is 0 Å². The minimum atomic E-state index is -1.38. The van der Waals surface area contributed by atoms with Crippen molar-refractivity contribution in [3.8, 4) is 0 Å². The number of fused-ring (bicyclic) bond motifs is 3. The number of benzene rings is 1. The molecule has 0 spiro atoms. The van der Waals surface area contributed by atoms with E-state index in [4.69, 9.17) is 14.6 Å². The third kappa shape index (κ3) is 2.00. The van der Waals surface area contributed by atoms with Crippen LogP contribution in [-0.4, -0.2) is 27.1 Å². The van der Waals surface area contributed by atoms with Gasteiger partial charge >= 0.3 is 11.9 Å². The van der Waals surface area contributed by atoms with Crippen LogP contribution < -0.4 is 5.43 Å². The lowest BCUT2D eigenvalue weighted by Crippen LogP contribution is -2.07. The summed E-state index contributed by atoms with van der Waals surface area (Å²) in [6.07, 6.45) is 1.27. The van der Waals surface area contributed by atoms with Crippen molar-refractivity contribution in [3.63, 3.8) is 0 Å². The highest BCUT2D eigenvalue weighted by molar-refractivity contribution is 6.05. The molecular formula is C14H7NO6. The molecule has 0 amide bonds. The molecule has 2 heterocycles. The van der Waals surface area contributed by atoms with Gasteiger partial charge in [0, 0.05) is 17.6 Å². The van der Waals surface area contributed by atoms with Crippen molar-refractivity contribution < 1.29 is 24.2 Å². The topological polar surface area (TPSA) is 118 Å². The molecule has 2 aromatic heterocycles. The Balaban J connectivity index is 2.50. The number of aromatic carboxylic acids is 2. The van der Waals surface area contributed by atoms with Gasteiger partial charge in [0.2, 0.25) is 5.76 Å². The molecule has 0 aliphatic carbocycles. The summed E-state index contributed by atoms with van der Waals surface area (Å²) in [6, 6.07) is 4.98. The Hall–Kier alpha value is -3.22. The van der Waals surface area contributed by atoms with Crippen molar-refractivity contribution >= 4 is 33.8 Å². The predicted octanol–water partition coefficient (Wildman–Crippen LogP) is 1.74. The summed E-state index contributed by atoms with van der Waals surface area (Å²) in [6.45, 7) is 0. The van der Waals surface area contributed by atoms with E-state index in [1.807, 2.05) is 0 Å². The first kappa shape index (κ1) is 12.8. The number of rotatable bonds is 2. The first-order valence-electron chi connectivity index (χ1n) is 5.80. The standard InChI is InChI=1S/C14H7NO6/c16-10-4-11(14(19)20)21-12-7-3-6(13(17)18)1-2-9(7)15-5-8(10)12/h1-5H,(H,17,18)(H,19,20). The third-order valence-corrected chi connectivity index (χ3v) is 3.02. The van der Waals surface area contributed by atoms with Crippen molar-refractivity contribution in [1.82, 2.24) is 4.98 Å². The van der Waals surface area contributed by atoms with Crippen LogP contribution in [0.5, 0.6) is 0 Å². The molecule has 7 nitrogen and oxygen atoms in total. The van der Waals surface area contributed by atoms with Gasteiger partial charge in [0.1, 0.15) is 5.58 Å². The Morgan fingerprint density at radius 2 is 1.81 bits per heavy atom. The molecule has 0 aliphatic heterocycles. The summed E-state index contributed by atoms with van der Waals surface area (Å²) in [5, 5.41) is 18.3. The van der Waals surface area contributed by atoms with Gasteiger partial charge in [0.05, 0.1) is 16.5 Å². The summed E-state index contributed by atoms with van der Waals surface area (Å²) in [5.41, 5.74) is -0.157. The lowest BCUT2D eigenvalue weighted by molar-refractivity contribution is 0.0660. The van der Waals surface area contributed by atoms with Crippen LogP contribution in [0.2, 0.25) is 0 Å². The Morgan fingerprint density at radius 1 is 1.05 bits per heavy atom. The fourth-order valence-electron chi connectivity index (χ4n) is 2.03. The second kappa shape index (κ2) is 4.41. The first-order valence-corrected chi connectivity index (χ1v) is 5.80. The number of hydrogen-bond acceptors (Lipinski definition) is 5. The Kier molecular flexibility index (Phi) is 2.69. The molecule has 7 heteroatoms. The first-order chi connectivity index (χ1) is 9.97. The molecule has 1 aromatic carbocycles. The SMILES string of the molecule is O=C(O)c1ccc2ncc3c(=O)cc(C(=O)O)oc3c2c1. The van der Waals surface area contributed by atoms with Crippen molar-refractivity contribution in [3.05, 3.63) is 52.0 Å². The molecule has 104 valence electrons. The van der Waals surface area contributed by atoms with Gasteiger partial charge in [-0.05, 0) is 18.2 Å². The summed E-state index contributed by atoms with van der Waals surface area (Å²) < 4.78 is 5.22. The number of carboxylic acids is 2. The van der Waals surface area contributed by atoms with Gasteiger partial charge in [0.25, 0.3) is 0 Å². The maximum absolute atomic E-state index is 11.9. The molecule has 0 saturated carbocycles. The number of pyridine rings is 1. The van der Waals surface area contributed by atoms with Crippen LogP contribution in [0.15, 0.2) is 39.7 Å². The monoisotopic (exact) mass is 285 g/mol. The van der Waals surface area contributed by atoms with E-state index < -0.39 is 23.1 Å². The molecular weight excluding hydrogens is 278 g/mol. The molecule has 0 saturated heterocycles. The third-order valence-electron chi connectivity index (χ3n) is 3.02. The molecule has 0 fully saturated rings. The predicted molar refractivity (Wildman–Crippen MR) is 71.7 cm³/mol. The van der Waals surface area contributed by atoms with Gasteiger partial charge in [-0.2, -0.15) is 0 Å². The lowest BCUT2D eigenvalue weighted by atomic mass is 10.1. The lowest BCUT2D eigenvalue weighted by Gasteiger charge is -2.04. The second-order valence-corrected chi connectivity index (χ2v) is 4.32. The zero-order valence-electron chi connectivity index (χ0n) is 10.4. The molecule has 0 bridgehead atoms. The fraction of sp³-hybridized carbons (Fsp3) is 0. The van der Waals surface area contributed by atoms with Gasteiger partial charge in [-0.3, -0.25) is 9.78 Å². The van der Waals surface area contributed by atoms with Crippen molar-refractivity contribution in [2.75, 3.05) is 0 Å². The molecule has 0 atom stereocenters. The van der Waals surface area contributed by atoms with E-state index in [0.29, 0.717) is 5.52 Å². The number of carbonyl (C=O) groups is 2. The van der Waals surface area contributed by atoms with Gasteiger partial charge in [-0.15, -0.1) is 0 Å². The van der Waals surface area contributed by atoms with E-state index in [2.05, 4.69) is 4.98 Å². The summed E-state index contributed by atoms with van der Waals surface area (Å²) >= 11 is 0. The fourth-order valence-corrected chi connectivity index (χ4v) is 2.03. The Morgan fingerprint density at radius 3 is 2.48 bits per heavy atom. The van der Waals surface area contributed by atoms with Crippen molar-refractivity contribution in [1.29, 1.82) is 0 Å². The Labute approximate surface area is 116 Å². The van der Waals surface area contributed by atoms with Gasteiger partial charge in [-0.25, -0.2) is 9.59 Å². The van der Waals surface area contributed by atoms with Gasteiger partial charge in [-0.1, -0.05) is 0 Å². The van der Waals surface area contributed by atoms with Crippen LogP contribution in [0, 0.1) is 0 Å². The Bertz CT molecular complexity index is 972. The van der Waals surface area contributed by atoms with Crippen LogP contribution in [0.4, 0.5) is 0 Å². The summed E-state index contributed by atoms with van der Waals surface area (Å²) in [5.74, 6) is -3.04. The van der Waals surface area contributed by atoms with Crippen LogP contribution in [-0.2, 0) is 0 Å². The van der Waals surface area contributed by atoms with Crippen LogP contribution in [0.3, 0.4) is 0 Å². The minimum Gasteiger partial charge on any atom is -0.478 e. The normalized spacial score (nSPS) is 10.9. The van der Waals surface area contributed by atoms with E-state index >= 15 is 0 Å². The molecule has 21 heavy (non-hydrogen) atoms. The average Bonchev–Trinajstić information content (AvgIpc) is 2.46. The zero-order valence-corrected chi connectivity index (χ0v) is 10.4. The van der Waals surface area contributed by atoms with E-state index in [-0.39, 0.29) is 21.9 Å². The van der Waals surface area contributed by atoms with Gasteiger partial charge < -0.3 is 14.6 Å². The van der Waals surface area contributed by atoms with Crippen LogP contribution in [0.1, 0.15) is 20.9 Å². The summed E-state index contributed by atoms with van der Waals surface area (Å²) in [7, 11) is 0. The number of nitrogens with zero attached hydrogens (tertiary/aromatic N) is 1. The summed E-state index contributed by atoms with van der Waals surface area (Å²) in [4.78, 5) is 37.9. The number of carboxylic acid groups (broad SMARTS) is 2. The zero-order chi connectivity index (χ0) is 15.1. The molecule has 0 aliphatic rings.